The van der Waals surface area contributed by atoms with Gasteiger partial charge in [0.2, 0.25) is 0 Å². The summed E-state index contributed by atoms with van der Waals surface area (Å²) in [4.78, 5) is 2.32. The van der Waals surface area contributed by atoms with Crippen LogP contribution < -0.4 is 10.6 Å². The standard InChI is InChI=1S/C48H35N3/c49-40-24-15-35(16-25-40)37-19-28-43(29-20-37)50(42-26-17-36(18-27-42)34-9-3-1-4-10-34)44-30-21-38(22-31-44)39-23-32-48-46(33-39)45-13-7-8-14-47(45)51(48)41-11-5-2-6-12-41/h1-33H,49H2. The number of nitrogen functional groups attached to an aromatic ring is 1. The van der Waals surface area contributed by atoms with Crippen LogP contribution in [0.4, 0.5) is 22.7 Å². The Morgan fingerprint density at radius 3 is 1.31 bits per heavy atom. The van der Waals surface area contributed by atoms with E-state index in [1.165, 1.54) is 49.7 Å². The Kier molecular flexibility index (Phi) is 7.64. The first-order valence-electron chi connectivity index (χ1n) is 17.3. The number of benzene rings is 8. The van der Waals surface area contributed by atoms with Gasteiger partial charge in [-0.1, -0.05) is 121 Å². The molecule has 0 unspecified atom stereocenters. The summed E-state index contributed by atoms with van der Waals surface area (Å²) in [5.74, 6) is 0. The minimum atomic E-state index is 0.766. The SMILES string of the molecule is Nc1ccc(-c2ccc(N(c3ccc(-c4ccccc4)cc3)c3ccc(-c4ccc5c(c4)c4ccccc4n5-c4ccccc4)cc3)cc2)cc1. The lowest BCUT2D eigenvalue weighted by molar-refractivity contribution is 1.18. The zero-order valence-corrected chi connectivity index (χ0v) is 28.0. The molecule has 9 aromatic rings. The highest BCUT2D eigenvalue weighted by Gasteiger charge is 2.16. The number of hydrogen-bond donors (Lipinski definition) is 1. The zero-order valence-electron chi connectivity index (χ0n) is 28.0. The van der Waals surface area contributed by atoms with E-state index in [2.05, 4.69) is 198 Å². The third kappa shape index (κ3) is 5.71. The van der Waals surface area contributed by atoms with E-state index < -0.39 is 0 Å². The van der Waals surface area contributed by atoms with Crippen LogP contribution in [0.25, 0.3) is 60.9 Å². The molecule has 0 aliphatic carbocycles. The first-order chi connectivity index (χ1) is 25.2. The zero-order chi connectivity index (χ0) is 34.1. The Balaban J connectivity index is 1.10. The van der Waals surface area contributed by atoms with Gasteiger partial charge >= 0.3 is 0 Å². The Hall–Kier alpha value is -6.84. The molecule has 51 heavy (non-hydrogen) atoms. The molecule has 0 bridgehead atoms. The molecule has 0 saturated heterocycles. The average Bonchev–Trinajstić information content (AvgIpc) is 3.54. The molecular weight excluding hydrogens is 619 g/mol. The summed E-state index contributed by atoms with van der Waals surface area (Å²) in [6.45, 7) is 0. The van der Waals surface area contributed by atoms with Crippen molar-refractivity contribution in [3.8, 4) is 39.1 Å². The molecule has 0 saturated carbocycles. The summed E-state index contributed by atoms with van der Waals surface area (Å²) < 4.78 is 2.36. The van der Waals surface area contributed by atoms with Crippen molar-refractivity contribution in [3.05, 3.63) is 200 Å². The fraction of sp³-hybridized carbons (Fsp3) is 0. The van der Waals surface area contributed by atoms with Crippen LogP contribution in [0.15, 0.2) is 200 Å². The van der Waals surface area contributed by atoms with Crippen molar-refractivity contribution in [1.29, 1.82) is 0 Å². The number of nitrogens with zero attached hydrogens (tertiary/aromatic N) is 2. The first kappa shape index (κ1) is 30.2. The van der Waals surface area contributed by atoms with Crippen molar-refractivity contribution < 1.29 is 0 Å². The van der Waals surface area contributed by atoms with Gasteiger partial charge in [-0.3, -0.25) is 0 Å². The van der Waals surface area contributed by atoms with Crippen molar-refractivity contribution in [1.82, 2.24) is 4.57 Å². The van der Waals surface area contributed by atoms with Crippen LogP contribution in [0, 0.1) is 0 Å². The Morgan fingerprint density at radius 2 is 0.745 bits per heavy atom. The molecule has 0 spiro atoms. The second kappa shape index (κ2) is 12.9. The highest BCUT2D eigenvalue weighted by atomic mass is 15.1. The molecule has 9 rings (SSSR count). The van der Waals surface area contributed by atoms with Gasteiger partial charge in [-0.05, 0) is 112 Å². The highest BCUT2D eigenvalue weighted by Crippen LogP contribution is 2.39. The predicted octanol–water partition coefficient (Wildman–Crippen LogP) is 12.8. The summed E-state index contributed by atoms with van der Waals surface area (Å²) in [6, 6.07) is 71.2. The number of aromatic nitrogens is 1. The maximum Gasteiger partial charge on any atom is 0.0541 e. The number of para-hydroxylation sites is 2. The predicted molar refractivity (Wildman–Crippen MR) is 216 cm³/mol. The molecule has 0 fully saturated rings. The molecule has 0 aliphatic rings. The van der Waals surface area contributed by atoms with Crippen molar-refractivity contribution in [2.75, 3.05) is 10.6 Å². The van der Waals surface area contributed by atoms with E-state index >= 15 is 0 Å². The number of rotatable bonds is 7. The largest absolute Gasteiger partial charge is 0.399 e. The fourth-order valence-electron chi connectivity index (χ4n) is 7.17. The molecule has 1 heterocycles. The summed E-state index contributed by atoms with van der Waals surface area (Å²) >= 11 is 0. The summed E-state index contributed by atoms with van der Waals surface area (Å²) in [5.41, 5.74) is 20.6. The maximum absolute atomic E-state index is 5.95. The quantitative estimate of drug-likeness (QED) is 0.174. The monoisotopic (exact) mass is 653 g/mol. The van der Waals surface area contributed by atoms with E-state index in [0.29, 0.717) is 0 Å². The first-order valence-corrected chi connectivity index (χ1v) is 17.3. The van der Waals surface area contributed by atoms with E-state index in [1.807, 2.05) is 12.1 Å². The summed E-state index contributed by atoms with van der Waals surface area (Å²) in [7, 11) is 0. The number of nitrogens with two attached hydrogens (primary N) is 1. The molecule has 0 amide bonds. The van der Waals surface area contributed by atoms with E-state index in [1.54, 1.807) is 0 Å². The summed E-state index contributed by atoms with van der Waals surface area (Å²) in [5, 5.41) is 2.50. The topological polar surface area (TPSA) is 34.2 Å². The van der Waals surface area contributed by atoms with Gasteiger partial charge in [0.15, 0.2) is 0 Å². The molecule has 3 nitrogen and oxygen atoms in total. The molecule has 8 aromatic carbocycles. The minimum Gasteiger partial charge on any atom is -0.399 e. The van der Waals surface area contributed by atoms with E-state index in [-0.39, 0.29) is 0 Å². The van der Waals surface area contributed by atoms with Gasteiger partial charge in [0.25, 0.3) is 0 Å². The van der Waals surface area contributed by atoms with Crippen molar-refractivity contribution in [2.45, 2.75) is 0 Å². The Labute approximate surface area is 298 Å². The van der Waals surface area contributed by atoms with Gasteiger partial charge in [-0.15, -0.1) is 0 Å². The van der Waals surface area contributed by atoms with Gasteiger partial charge in [0.1, 0.15) is 0 Å². The second-order valence-electron chi connectivity index (χ2n) is 12.9. The smallest absolute Gasteiger partial charge is 0.0541 e. The van der Waals surface area contributed by atoms with Crippen LogP contribution in [-0.4, -0.2) is 4.57 Å². The molecule has 2 N–H and O–H groups in total. The molecular formula is C48H35N3. The fourth-order valence-corrected chi connectivity index (χ4v) is 7.17. The second-order valence-corrected chi connectivity index (χ2v) is 12.9. The van der Waals surface area contributed by atoms with Gasteiger partial charge in [-0.25, -0.2) is 0 Å². The third-order valence-electron chi connectivity index (χ3n) is 9.75. The molecule has 0 radical (unpaired) electrons. The molecule has 242 valence electrons. The number of fused-ring (bicyclic) bond motifs is 3. The number of anilines is 4. The van der Waals surface area contributed by atoms with Crippen LogP contribution in [-0.2, 0) is 0 Å². The van der Waals surface area contributed by atoms with E-state index in [9.17, 15) is 0 Å². The van der Waals surface area contributed by atoms with Crippen LogP contribution in [0.5, 0.6) is 0 Å². The van der Waals surface area contributed by atoms with Crippen molar-refractivity contribution in [3.63, 3.8) is 0 Å². The third-order valence-corrected chi connectivity index (χ3v) is 9.75. The van der Waals surface area contributed by atoms with Crippen LogP contribution in [0.1, 0.15) is 0 Å². The minimum absolute atomic E-state index is 0.766. The molecule has 3 heteroatoms. The molecule has 0 atom stereocenters. The summed E-state index contributed by atoms with van der Waals surface area (Å²) in [6.07, 6.45) is 0. The van der Waals surface area contributed by atoms with Crippen LogP contribution >= 0.6 is 0 Å². The lowest BCUT2D eigenvalue weighted by Gasteiger charge is -2.26. The van der Waals surface area contributed by atoms with Gasteiger partial charge in [0.05, 0.1) is 11.0 Å². The maximum atomic E-state index is 5.95. The number of hydrogen-bond acceptors (Lipinski definition) is 2. The Morgan fingerprint density at radius 1 is 0.333 bits per heavy atom. The van der Waals surface area contributed by atoms with E-state index in [4.69, 9.17) is 5.73 Å². The van der Waals surface area contributed by atoms with Crippen LogP contribution in [0.3, 0.4) is 0 Å². The van der Waals surface area contributed by atoms with Gasteiger partial charge < -0.3 is 15.2 Å². The van der Waals surface area contributed by atoms with Crippen molar-refractivity contribution >= 4 is 44.6 Å². The molecule has 0 aliphatic heterocycles. The lowest BCUT2D eigenvalue weighted by Crippen LogP contribution is -2.09. The lowest BCUT2D eigenvalue weighted by atomic mass is 10.0. The van der Waals surface area contributed by atoms with Crippen LogP contribution in [0.2, 0.25) is 0 Å². The Bertz CT molecular complexity index is 2590. The van der Waals surface area contributed by atoms with Gasteiger partial charge in [0, 0.05) is 39.2 Å². The normalized spacial score (nSPS) is 11.2. The highest BCUT2D eigenvalue weighted by molar-refractivity contribution is 6.10. The van der Waals surface area contributed by atoms with E-state index in [0.717, 1.165) is 33.9 Å². The van der Waals surface area contributed by atoms with Crippen molar-refractivity contribution in [2.24, 2.45) is 0 Å². The average molecular weight is 654 g/mol. The van der Waals surface area contributed by atoms with Gasteiger partial charge in [-0.2, -0.15) is 0 Å². The molecule has 1 aromatic heterocycles.